The lowest BCUT2D eigenvalue weighted by Crippen LogP contribution is -2.40. The van der Waals surface area contributed by atoms with Crippen molar-refractivity contribution in [1.82, 2.24) is 0 Å². The van der Waals surface area contributed by atoms with E-state index in [4.69, 9.17) is 18.6 Å². The molecule has 1 atom stereocenters. The predicted molar refractivity (Wildman–Crippen MR) is 120 cm³/mol. The molecule has 1 aromatic heterocycles. The molecule has 35 heavy (non-hydrogen) atoms. The quantitative estimate of drug-likeness (QED) is 0.515. The number of carbonyl (C=O) groups is 3. The molecule has 2 aromatic carbocycles. The van der Waals surface area contributed by atoms with Crippen LogP contribution in [-0.2, 0) is 15.9 Å². The van der Waals surface area contributed by atoms with Gasteiger partial charge in [-0.05, 0) is 29.5 Å². The van der Waals surface area contributed by atoms with Crippen LogP contribution in [0.4, 0.5) is 0 Å². The minimum atomic E-state index is -1.29. The Morgan fingerprint density at radius 2 is 1.74 bits per heavy atom. The smallest absolute Gasteiger partial charge is 0.374 e. The van der Waals surface area contributed by atoms with Gasteiger partial charge in [-0.3, -0.25) is 9.59 Å². The van der Waals surface area contributed by atoms with Crippen LogP contribution in [-0.4, -0.2) is 37.5 Å². The van der Waals surface area contributed by atoms with Crippen molar-refractivity contribution in [3.05, 3.63) is 80.6 Å². The third-order valence-corrected chi connectivity index (χ3v) is 6.60. The highest BCUT2D eigenvalue weighted by molar-refractivity contribution is 6.26. The second-order valence-corrected chi connectivity index (χ2v) is 8.56. The van der Waals surface area contributed by atoms with Gasteiger partial charge >= 0.3 is 11.6 Å². The van der Waals surface area contributed by atoms with Gasteiger partial charge < -0.3 is 23.4 Å². The van der Waals surface area contributed by atoms with E-state index in [1.165, 1.54) is 20.3 Å². The SMILES string of the molecule is COC(=O)c1cc2cc3c(c(OC)c2c(=O)o1)OC1(CC3)CC2=C(O1)C(=O)c1ccccc1C2=O. The molecule has 1 unspecified atom stereocenters. The summed E-state index contributed by atoms with van der Waals surface area (Å²) < 4.78 is 27.7. The number of carbonyl (C=O) groups excluding carboxylic acids is 3. The van der Waals surface area contributed by atoms with Gasteiger partial charge in [-0.2, -0.15) is 0 Å². The molecule has 0 bridgehead atoms. The lowest BCUT2D eigenvalue weighted by Gasteiger charge is -2.36. The van der Waals surface area contributed by atoms with Crippen molar-refractivity contribution in [3.8, 4) is 11.5 Å². The molecular formula is C26H18O9. The van der Waals surface area contributed by atoms with Crippen LogP contribution in [0, 0.1) is 0 Å². The van der Waals surface area contributed by atoms with Crippen molar-refractivity contribution < 1.29 is 37.7 Å². The van der Waals surface area contributed by atoms with E-state index in [0.717, 1.165) is 5.56 Å². The zero-order chi connectivity index (χ0) is 24.5. The topological polar surface area (TPSA) is 118 Å². The lowest BCUT2D eigenvalue weighted by molar-refractivity contribution is -0.148. The maximum Gasteiger partial charge on any atom is 0.374 e. The highest BCUT2D eigenvalue weighted by Crippen LogP contribution is 2.50. The van der Waals surface area contributed by atoms with E-state index in [0.29, 0.717) is 29.4 Å². The van der Waals surface area contributed by atoms with Crippen LogP contribution >= 0.6 is 0 Å². The molecule has 1 spiro atoms. The maximum atomic E-state index is 13.1. The Labute approximate surface area is 197 Å². The monoisotopic (exact) mass is 474 g/mol. The number of ether oxygens (including phenoxy) is 4. The number of ketones is 2. The summed E-state index contributed by atoms with van der Waals surface area (Å²) >= 11 is 0. The van der Waals surface area contributed by atoms with Crippen molar-refractivity contribution >= 4 is 28.3 Å². The number of methoxy groups -OCH3 is 2. The van der Waals surface area contributed by atoms with Gasteiger partial charge in [-0.15, -0.1) is 0 Å². The summed E-state index contributed by atoms with van der Waals surface area (Å²) in [5.41, 5.74) is 0.842. The van der Waals surface area contributed by atoms with Crippen LogP contribution in [0.2, 0.25) is 0 Å². The normalized spacial score (nSPS) is 20.2. The second kappa shape index (κ2) is 7.30. The van der Waals surface area contributed by atoms with Crippen LogP contribution in [0.5, 0.6) is 11.5 Å². The summed E-state index contributed by atoms with van der Waals surface area (Å²) in [6, 6.07) is 9.76. The molecule has 0 saturated heterocycles. The minimum Gasteiger partial charge on any atom is -0.492 e. The van der Waals surface area contributed by atoms with Gasteiger partial charge in [-0.1, -0.05) is 24.3 Å². The molecular weight excluding hydrogens is 456 g/mol. The van der Waals surface area contributed by atoms with Crippen molar-refractivity contribution in [3.63, 3.8) is 0 Å². The number of rotatable bonds is 2. The first-order chi connectivity index (χ1) is 16.9. The van der Waals surface area contributed by atoms with Crippen LogP contribution in [0.3, 0.4) is 0 Å². The van der Waals surface area contributed by atoms with E-state index in [1.54, 1.807) is 30.3 Å². The number of Topliss-reactive ketones (excluding diaryl/α,β-unsaturated/α-hetero) is 2. The summed E-state index contributed by atoms with van der Waals surface area (Å²) in [6.45, 7) is 0. The molecule has 9 heteroatoms. The Hall–Kier alpha value is -4.40. The number of hydrogen-bond donors (Lipinski definition) is 0. The Morgan fingerprint density at radius 1 is 1.00 bits per heavy atom. The van der Waals surface area contributed by atoms with E-state index in [-0.39, 0.29) is 52.0 Å². The Morgan fingerprint density at radius 3 is 2.46 bits per heavy atom. The van der Waals surface area contributed by atoms with Crippen molar-refractivity contribution in [2.45, 2.75) is 25.0 Å². The number of esters is 1. The first kappa shape index (κ1) is 21.2. The zero-order valence-electron chi connectivity index (χ0n) is 18.8. The van der Waals surface area contributed by atoms with E-state index >= 15 is 0 Å². The van der Waals surface area contributed by atoms with Gasteiger partial charge in [0.05, 0.1) is 26.2 Å². The molecule has 0 fully saturated rings. The lowest BCUT2D eigenvalue weighted by atomic mass is 9.86. The van der Waals surface area contributed by atoms with Gasteiger partial charge in [0.25, 0.3) is 5.79 Å². The summed E-state index contributed by atoms with van der Waals surface area (Å²) in [4.78, 5) is 50.8. The van der Waals surface area contributed by atoms with Crippen LogP contribution in [0.15, 0.2) is 56.9 Å². The molecule has 0 N–H and O–H groups in total. The molecule has 0 radical (unpaired) electrons. The van der Waals surface area contributed by atoms with E-state index in [9.17, 15) is 19.2 Å². The van der Waals surface area contributed by atoms with Gasteiger partial charge in [0.15, 0.2) is 23.0 Å². The highest BCUT2D eigenvalue weighted by Gasteiger charge is 2.52. The number of allylic oxidation sites excluding steroid dienone is 1. The number of benzene rings is 2. The summed E-state index contributed by atoms with van der Waals surface area (Å²) in [7, 11) is 2.58. The average molecular weight is 474 g/mol. The first-order valence-corrected chi connectivity index (χ1v) is 10.9. The Kier molecular flexibility index (Phi) is 4.41. The molecule has 1 aliphatic carbocycles. The maximum absolute atomic E-state index is 13.1. The molecule has 3 aromatic rings. The number of aryl methyl sites for hydroxylation is 1. The van der Waals surface area contributed by atoms with E-state index in [1.807, 2.05) is 0 Å². The number of fused-ring (bicyclic) bond motifs is 3. The average Bonchev–Trinajstić information content (AvgIpc) is 3.25. The summed E-state index contributed by atoms with van der Waals surface area (Å²) in [5, 5.41) is 0.522. The van der Waals surface area contributed by atoms with Gasteiger partial charge in [-0.25, -0.2) is 9.59 Å². The third kappa shape index (κ3) is 2.94. The fourth-order valence-electron chi connectivity index (χ4n) is 4.98. The standard InChI is InChI=1S/C26H18O9/c1-31-23-18-13(10-17(24(29)32-2)33-25(18)30)9-12-7-8-26(34-21(12)23)11-16-19(27)14-5-3-4-6-15(14)20(28)22(16)35-26/h3-6,9-10H,7-8,11H2,1-2H3. The first-order valence-electron chi connectivity index (χ1n) is 10.9. The molecule has 9 nitrogen and oxygen atoms in total. The Balaban J connectivity index is 1.42. The van der Waals surface area contributed by atoms with Crippen molar-refractivity contribution in [2.24, 2.45) is 0 Å². The van der Waals surface area contributed by atoms with E-state index < -0.39 is 17.4 Å². The predicted octanol–water partition coefficient (Wildman–Crippen LogP) is 3.36. The summed E-state index contributed by atoms with van der Waals surface area (Å²) in [5.74, 6) is -2.53. The van der Waals surface area contributed by atoms with Gasteiger partial charge in [0.2, 0.25) is 11.5 Å². The fourth-order valence-corrected chi connectivity index (χ4v) is 4.98. The molecule has 2 aliphatic heterocycles. The third-order valence-electron chi connectivity index (χ3n) is 6.60. The van der Waals surface area contributed by atoms with Crippen molar-refractivity contribution in [1.29, 1.82) is 0 Å². The van der Waals surface area contributed by atoms with Gasteiger partial charge in [0.1, 0.15) is 5.39 Å². The van der Waals surface area contributed by atoms with Crippen molar-refractivity contribution in [2.75, 3.05) is 14.2 Å². The zero-order valence-corrected chi connectivity index (χ0v) is 18.8. The molecule has 176 valence electrons. The highest BCUT2D eigenvalue weighted by atomic mass is 16.7. The molecule has 3 aliphatic rings. The molecule has 0 amide bonds. The second-order valence-electron chi connectivity index (χ2n) is 8.56. The molecule has 6 rings (SSSR count). The molecule has 0 saturated carbocycles. The molecule has 3 heterocycles. The van der Waals surface area contributed by atoms with Crippen LogP contribution in [0.25, 0.3) is 10.8 Å². The van der Waals surface area contributed by atoms with Crippen LogP contribution < -0.4 is 15.1 Å². The minimum absolute atomic E-state index is 0.000797. The largest absolute Gasteiger partial charge is 0.492 e. The fraction of sp³-hybridized carbons (Fsp3) is 0.231. The number of hydrogen-bond acceptors (Lipinski definition) is 9. The van der Waals surface area contributed by atoms with Gasteiger partial charge in [0, 0.05) is 17.5 Å². The summed E-state index contributed by atoms with van der Waals surface area (Å²) in [6.07, 6.45) is 0.882. The van der Waals surface area contributed by atoms with Crippen LogP contribution in [0.1, 0.15) is 49.7 Å². The Bertz CT molecular complexity index is 1530. The van der Waals surface area contributed by atoms with E-state index in [2.05, 4.69) is 4.74 Å².